The number of aromatic nitrogens is 2. The van der Waals surface area contributed by atoms with Crippen LogP contribution in [-0.4, -0.2) is 48.4 Å². The molecule has 1 aliphatic heterocycles. The average molecular weight is 398 g/mol. The van der Waals surface area contributed by atoms with Crippen LogP contribution in [0.5, 0.6) is 0 Å². The lowest BCUT2D eigenvalue weighted by Gasteiger charge is -2.26. The molecule has 0 spiro atoms. The van der Waals surface area contributed by atoms with Crippen molar-refractivity contribution >= 4 is 39.5 Å². The van der Waals surface area contributed by atoms with Gasteiger partial charge < -0.3 is 14.6 Å². The van der Waals surface area contributed by atoms with Crippen LogP contribution in [0.1, 0.15) is 23.7 Å². The van der Waals surface area contributed by atoms with Crippen molar-refractivity contribution in [1.29, 1.82) is 0 Å². The number of hydrogen-bond donors (Lipinski definition) is 2. The fourth-order valence-electron chi connectivity index (χ4n) is 3.30. The normalized spacial score (nSPS) is 14.8. The van der Waals surface area contributed by atoms with Crippen LogP contribution in [0.15, 0.2) is 34.9 Å². The quantitative estimate of drug-likeness (QED) is 0.495. The number of nitrogens with zero attached hydrogens (tertiary/aromatic N) is 3. The molecule has 1 fully saturated rings. The number of anilines is 1. The van der Waals surface area contributed by atoms with Gasteiger partial charge in [-0.15, -0.1) is 11.3 Å². The van der Waals surface area contributed by atoms with E-state index in [-0.39, 0.29) is 12.3 Å². The number of H-pyrrole nitrogens is 1. The number of para-hydroxylation sites is 1. The smallest absolute Gasteiger partial charge is 0.246 e. The largest absolute Gasteiger partial charge is 0.378 e. The lowest BCUT2D eigenvalue weighted by Crippen LogP contribution is -2.36. The van der Waals surface area contributed by atoms with Crippen molar-refractivity contribution in [3.8, 4) is 0 Å². The van der Waals surface area contributed by atoms with E-state index in [1.54, 1.807) is 17.6 Å². The van der Waals surface area contributed by atoms with Crippen molar-refractivity contribution in [3.05, 3.63) is 46.6 Å². The SMILES string of the molecule is CCc1cccc2c(/C=N/NC(=O)Cc3csc(N4CCOCC4)n3)c[nH]c12. The molecule has 2 aromatic heterocycles. The minimum absolute atomic E-state index is 0.177. The number of ether oxygens (including phenoxy) is 1. The highest BCUT2D eigenvalue weighted by molar-refractivity contribution is 7.13. The molecule has 0 radical (unpaired) electrons. The Kier molecular flexibility index (Phi) is 5.68. The Morgan fingerprint density at radius 1 is 1.43 bits per heavy atom. The number of hydrazone groups is 1. The van der Waals surface area contributed by atoms with Crippen LogP contribution in [0.3, 0.4) is 0 Å². The average Bonchev–Trinajstić information content (AvgIpc) is 3.36. The molecule has 0 bridgehead atoms. The molecule has 7 nitrogen and oxygen atoms in total. The molecule has 4 rings (SSSR count). The van der Waals surface area contributed by atoms with Crippen LogP contribution < -0.4 is 10.3 Å². The summed E-state index contributed by atoms with van der Waals surface area (Å²) in [5.74, 6) is -0.177. The van der Waals surface area contributed by atoms with Gasteiger partial charge >= 0.3 is 0 Å². The van der Waals surface area contributed by atoms with Crippen LogP contribution in [0.4, 0.5) is 5.13 Å². The minimum atomic E-state index is -0.177. The first-order valence-electron chi connectivity index (χ1n) is 9.42. The molecular weight excluding hydrogens is 374 g/mol. The Morgan fingerprint density at radius 2 is 2.29 bits per heavy atom. The summed E-state index contributed by atoms with van der Waals surface area (Å²) in [7, 11) is 0. The van der Waals surface area contributed by atoms with Crippen molar-refractivity contribution in [2.24, 2.45) is 5.10 Å². The molecule has 0 aliphatic carbocycles. The maximum Gasteiger partial charge on any atom is 0.246 e. The highest BCUT2D eigenvalue weighted by atomic mass is 32.1. The Bertz CT molecular complexity index is 988. The van der Waals surface area contributed by atoms with Gasteiger partial charge in [-0.1, -0.05) is 25.1 Å². The standard InChI is InChI=1S/C20H23N5O2S/c1-2-14-4-3-5-17-15(11-21-19(14)17)12-22-24-18(26)10-16-13-28-20(23-16)25-6-8-27-9-7-25/h3-5,11-13,21H,2,6-10H2,1H3,(H,24,26)/b22-12+. The summed E-state index contributed by atoms with van der Waals surface area (Å²) in [6.45, 7) is 5.25. The maximum absolute atomic E-state index is 12.2. The number of aryl methyl sites for hydroxylation is 1. The van der Waals surface area contributed by atoms with Crippen LogP contribution in [0.25, 0.3) is 10.9 Å². The maximum atomic E-state index is 12.2. The third-order valence-corrected chi connectivity index (χ3v) is 5.72. The molecule has 28 heavy (non-hydrogen) atoms. The van der Waals surface area contributed by atoms with Crippen LogP contribution in [0, 0.1) is 0 Å². The fraction of sp³-hybridized carbons (Fsp3) is 0.350. The summed E-state index contributed by atoms with van der Waals surface area (Å²) in [5.41, 5.74) is 6.70. The van der Waals surface area contributed by atoms with E-state index in [1.165, 1.54) is 5.56 Å². The summed E-state index contributed by atoms with van der Waals surface area (Å²) < 4.78 is 5.36. The van der Waals surface area contributed by atoms with E-state index in [4.69, 9.17) is 4.74 Å². The van der Waals surface area contributed by atoms with Crippen molar-refractivity contribution in [2.45, 2.75) is 19.8 Å². The predicted octanol–water partition coefficient (Wildman–Crippen LogP) is 2.72. The molecule has 3 aromatic rings. The zero-order valence-electron chi connectivity index (χ0n) is 15.8. The molecule has 8 heteroatoms. The van der Waals surface area contributed by atoms with E-state index in [0.717, 1.165) is 60.0 Å². The number of hydrogen-bond acceptors (Lipinski definition) is 6. The minimum Gasteiger partial charge on any atom is -0.378 e. The van der Waals surface area contributed by atoms with Crippen molar-refractivity contribution in [3.63, 3.8) is 0 Å². The number of fused-ring (bicyclic) bond motifs is 1. The summed E-state index contributed by atoms with van der Waals surface area (Å²) >= 11 is 1.56. The molecule has 0 unspecified atom stereocenters. The third-order valence-electron chi connectivity index (χ3n) is 4.77. The van der Waals surface area contributed by atoms with Crippen molar-refractivity contribution in [2.75, 3.05) is 31.2 Å². The van der Waals surface area contributed by atoms with Crippen molar-refractivity contribution < 1.29 is 9.53 Å². The van der Waals surface area contributed by atoms with E-state index >= 15 is 0 Å². The zero-order valence-corrected chi connectivity index (χ0v) is 16.6. The van der Waals surface area contributed by atoms with E-state index in [2.05, 4.69) is 44.5 Å². The van der Waals surface area contributed by atoms with Crippen molar-refractivity contribution in [1.82, 2.24) is 15.4 Å². The summed E-state index contributed by atoms with van der Waals surface area (Å²) in [6.07, 6.45) is 4.77. The molecule has 0 atom stereocenters. The van der Waals surface area contributed by atoms with Gasteiger partial charge in [0.1, 0.15) is 0 Å². The summed E-state index contributed by atoms with van der Waals surface area (Å²) in [4.78, 5) is 22.2. The molecule has 2 N–H and O–H groups in total. The molecule has 0 saturated carbocycles. The fourth-order valence-corrected chi connectivity index (χ4v) is 4.17. The van der Waals surface area contributed by atoms with Gasteiger partial charge in [0.15, 0.2) is 5.13 Å². The number of nitrogens with one attached hydrogen (secondary N) is 2. The van der Waals surface area contributed by atoms with Crippen LogP contribution in [-0.2, 0) is 22.4 Å². The molecular formula is C20H23N5O2S. The lowest BCUT2D eigenvalue weighted by atomic mass is 10.1. The number of carbonyl (C=O) groups excluding carboxylic acids is 1. The van der Waals surface area contributed by atoms with Gasteiger partial charge in [0.05, 0.1) is 31.5 Å². The van der Waals surface area contributed by atoms with Gasteiger partial charge in [-0.05, 0) is 12.0 Å². The molecule has 3 heterocycles. The predicted molar refractivity (Wildman–Crippen MR) is 112 cm³/mol. The Hall–Kier alpha value is -2.71. The highest BCUT2D eigenvalue weighted by Crippen LogP contribution is 2.22. The van der Waals surface area contributed by atoms with Gasteiger partial charge in [0.2, 0.25) is 5.91 Å². The number of rotatable bonds is 6. The van der Waals surface area contributed by atoms with E-state index in [9.17, 15) is 4.79 Å². The van der Waals surface area contributed by atoms with Gasteiger partial charge in [-0.25, -0.2) is 10.4 Å². The second-order valence-electron chi connectivity index (χ2n) is 6.63. The van der Waals surface area contributed by atoms with E-state index < -0.39 is 0 Å². The second-order valence-corrected chi connectivity index (χ2v) is 7.46. The van der Waals surface area contributed by atoms with E-state index in [0.29, 0.717) is 0 Å². The first kappa shape index (κ1) is 18.6. The molecule has 146 valence electrons. The summed E-state index contributed by atoms with van der Waals surface area (Å²) in [5, 5.41) is 8.10. The first-order chi connectivity index (χ1) is 13.7. The number of amides is 1. The van der Waals surface area contributed by atoms with Crippen LogP contribution >= 0.6 is 11.3 Å². The highest BCUT2D eigenvalue weighted by Gasteiger charge is 2.15. The Labute approximate surface area is 167 Å². The monoisotopic (exact) mass is 397 g/mol. The van der Waals surface area contributed by atoms with Gasteiger partial charge in [0, 0.05) is 41.1 Å². The van der Waals surface area contributed by atoms with Gasteiger partial charge in [-0.2, -0.15) is 5.10 Å². The molecule has 1 saturated heterocycles. The van der Waals surface area contributed by atoms with Gasteiger partial charge in [-0.3, -0.25) is 4.79 Å². The molecule has 1 aliphatic rings. The number of carbonyl (C=O) groups is 1. The summed E-state index contributed by atoms with van der Waals surface area (Å²) in [6, 6.07) is 6.20. The Morgan fingerprint density at radius 3 is 3.11 bits per heavy atom. The zero-order chi connectivity index (χ0) is 19.3. The second kappa shape index (κ2) is 8.53. The number of thiazole rings is 1. The molecule has 1 aromatic carbocycles. The third kappa shape index (κ3) is 4.07. The Balaban J connectivity index is 1.35. The van der Waals surface area contributed by atoms with Gasteiger partial charge in [0.25, 0.3) is 0 Å². The number of benzene rings is 1. The topological polar surface area (TPSA) is 82.6 Å². The first-order valence-corrected chi connectivity index (χ1v) is 10.3. The molecule has 1 amide bonds. The van der Waals surface area contributed by atoms with E-state index in [1.807, 2.05) is 17.6 Å². The lowest BCUT2D eigenvalue weighted by molar-refractivity contribution is -0.120. The number of morpholine rings is 1. The number of aromatic amines is 1. The van der Waals surface area contributed by atoms with Crippen LogP contribution in [0.2, 0.25) is 0 Å².